The van der Waals surface area contributed by atoms with Gasteiger partial charge in [0.05, 0.1) is 6.54 Å². The first-order valence-electron chi connectivity index (χ1n) is 9.74. The number of tetrazole rings is 1. The minimum atomic E-state index is -0.541. The normalized spacial score (nSPS) is 13.5. The highest BCUT2D eigenvalue weighted by molar-refractivity contribution is 6.03. The number of aliphatic imine (C=N–C) groups is 1. The van der Waals surface area contributed by atoms with E-state index < -0.39 is 11.7 Å². The Balaban J connectivity index is 1.41. The Labute approximate surface area is 177 Å². The maximum atomic E-state index is 14.7. The molecule has 0 saturated carbocycles. The first-order chi connectivity index (χ1) is 15.1. The van der Waals surface area contributed by atoms with Gasteiger partial charge in [-0.15, -0.1) is 5.10 Å². The van der Waals surface area contributed by atoms with Crippen LogP contribution in [0.25, 0.3) is 16.5 Å². The van der Waals surface area contributed by atoms with E-state index in [1.165, 1.54) is 6.07 Å². The van der Waals surface area contributed by atoms with E-state index in [2.05, 4.69) is 30.7 Å². The summed E-state index contributed by atoms with van der Waals surface area (Å²) < 4.78 is 15.8. The van der Waals surface area contributed by atoms with Crippen LogP contribution in [0.4, 0.5) is 10.1 Å². The quantitative estimate of drug-likeness (QED) is 0.554. The van der Waals surface area contributed by atoms with Crippen molar-refractivity contribution in [2.24, 2.45) is 4.99 Å². The Hall–Kier alpha value is -4.14. The summed E-state index contributed by atoms with van der Waals surface area (Å²) in [6.07, 6.45) is 0. The number of carbonyl (C=O) groups is 1. The highest BCUT2D eigenvalue weighted by Crippen LogP contribution is 2.22. The van der Waals surface area contributed by atoms with E-state index in [1.807, 2.05) is 43.4 Å². The molecule has 0 fully saturated rings. The number of benzene rings is 3. The van der Waals surface area contributed by atoms with Crippen molar-refractivity contribution in [3.8, 4) is 5.69 Å². The molecule has 1 amide bonds. The fourth-order valence-corrected chi connectivity index (χ4v) is 3.59. The second kappa shape index (κ2) is 7.60. The SMILES string of the molecule is CN1CCN=C1c1ccc(NC(=O)c2nnnn2-c2cc3ccccc3cc2F)cc1. The van der Waals surface area contributed by atoms with E-state index in [0.29, 0.717) is 5.69 Å². The van der Waals surface area contributed by atoms with Crippen LogP contribution >= 0.6 is 0 Å². The van der Waals surface area contributed by atoms with Crippen LogP contribution in [0.5, 0.6) is 0 Å². The Morgan fingerprint density at radius 3 is 2.52 bits per heavy atom. The number of fused-ring (bicyclic) bond motifs is 1. The molecule has 0 saturated heterocycles. The molecular weight excluding hydrogens is 397 g/mol. The number of amides is 1. The van der Waals surface area contributed by atoms with Crippen molar-refractivity contribution in [1.29, 1.82) is 0 Å². The summed E-state index contributed by atoms with van der Waals surface area (Å²) in [5, 5.41) is 15.5. The maximum Gasteiger partial charge on any atom is 0.295 e. The van der Waals surface area contributed by atoms with Gasteiger partial charge in [0, 0.05) is 24.8 Å². The molecule has 9 heteroatoms. The zero-order valence-electron chi connectivity index (χ0n) is 16.7. The number of anilines is 1. The smallest absolute Gasteiger partial charge is 0.295 e. The van der Waals surface area contributed by atoms with Crippen LogP contribution in [0, 0.1) is 5.82 Å². The molecule has 0 bridgehead atoms. The predicted octanol–water partition coefficient (Wildman–Crippen LogP) is 2.90. The van der Waals surface area contributed by atoms with Gasteiger partial charge in [-0.25, -0.2) is 4.39 Å². The van der Waals surface area contributed by atoms with E-state index in [9.17, 15) is 9.18 Å². The highest BCUT2D eigenvalue weighted by atomic mass is 19.1. The van der Waals surface area contributed by atoms with Gasteiger partial charge in [-0.05, 0) is 57.6 Å². The summed E-state index contributed by atoms with van der Waals surface area (Å²) in [5.41, 5.74) is 1.65. The lowest BCUT2D eigenvalue weighted by Crippen LogP contribution is -2.23. The molecule has 8 nitrogen and oxygen atoms in total. The molecule has 4 aromatic rings. The van der Waals surface area contributed by atoms with Gasteiger partial charge in [0.25, 0.3) is 5.91 Å². The van der Waals surface area contributed by atoms with Crippen LogP contribution in [-0.2, 0) is 0 Å². The van der Waals surface area contributed by atoms with E-state index in [4.69, 9.17) is 0 Å². The average molecular weight is 415 g/mol. The van der Waals surface area contributed by atoms with Gasteiger partial charge in [-0.2, -0.15) is 4.68 Å². The largest absolute Gasteiger partial charge is 0.358 e. The van der Waals surface area contributed by atoms with Crippen LogP contribution in [0.2, 0.25) is 0 Å². The van der Waals surface area contributed by atoms with Crippen molar-refractivity contribution in [3.05, 3.63) is 77.9 Å². The fourth-order valence-electron chi connectivity index (χ4n) is 3.59. The van der Waals surface area contributed by atoms with E-state index in [-0.39, 0.29) is 11.5 Å². The molecule has 1 N–H and O–H groups in total. The van der Waals surface area contributed by atoms with Crippen LogP contribution in [0.3, 0.4) is 0 Å². The zero-order valence-corrected chi connectivity index (χ0v) is 16.7. The van der Waals surface area contributed by atoms with Gasteiger partial charge < -0.3 is 10.2 Å². The van der Waals surface area contributed by atoms with Crippen LogP contribution < -0.4 is 5.32 Å². The number of likely N-dealkylation sites (N-methyl/N-ethyl adjacent to an activating group) is 1. The van der Waals surface area contributed by atoms with Crippen molar-refractivity contribution in [3.63, 3.8) is 0 Å². The maximum absolute atomic E-state index is 14.7. The molecule has 1 aliphatic heterocycles. The third kappa shape index (κ3) is 3.50. The summed E-state index contributed by atoms with van der Waals surface area (Å²) in [5.74, 6) is -0.252. The summed E-state index contributed by atoms with van der Waals surface area (Å²) in [6.45, 7) is 1.67. The number of hydrogen-bond acceptors (Lipinski definition) is 6. The standard InChI is InChI=1S/C22H18FN7O/c1-29-11-10-24-20(29)14-6-8-17(9-7-14)25-22(31)21-26-27-28-30(21)19-13-16-5-3-2-4-15(16)12-18(19)23/h2-9,12-13H,10-11H2,1H3,(H,25,31). The topological polar surface area (TPSA) is 88.3 Å². The number of nitrogens with zero attached hydrogens (tertiary/aromatic N) is 6. The number of aromatic nitrogens is 4. The average Bonchev–Trinajstić information content (AvgIpc) is 3.43. The molecule has 0 atom stereocenters. The second-order valence-electron chi connectivity index (χ2n) is 7.22. The number of amidine groups is 1. The predicted molar refractivity (Wildman–Crippen MR) is 115 cm³/mol. The van der Waals surface area contributed by atoms with Gasteiger partial charge in [-0.3, -0.25) is 9.79 Å². The Morgan fingerprint density at radius 1 is 1.06 bits per heavy atom. The number of halogens is 1. The Bertz CT molecular complexity index is 1310. The zero-order chi connectivity index (χ0) is 21.4. The summed E-state index contributed by atoms with van der Waals surface area (Å²) in [6, 6.07) is 17.7. The Kier molecular flexibility index (Phi) is 4.62. The summed E-state index contributed by atoms with van der Waals surface area (Å²) >= 11 is 0. The van der Waals surface area contributed by atoms with Crippen molar-refractivity contribution in [2.75, 3.05) is 25.5 Å². The molecule has 0 radical (unpaired) electrons. The van der Waals surface area contributed by atoms with Gasteiger partial charge in [0.2, 0.25) is 5.82 Å². The van der Waals surface area contributed by atoms with Crippen molar-refractivity contribution < 1.29 is 9.18 Å². The molecule has 2 heterocycles. The van der Waals surface area contributed by atoms with E-state index in [0.717, 1.165) is 39.9 Å². The number of rotatable bonds is 4. The van der Waals surface area contributed by atoms with Crippen LogP contribution in [0.15, 0.2) is 65.7 Å². The van der Waals surface area contributed by atoms with E-state index in [1.54, 1.807) is 18.2 Å². The van der Waals surface area contributed by atoms with Gasteiger partial charge >= 0.3 is 0 Å². The lowest BCUT2D eigenvalue weighted by molar-refractivity contribution is 0.101. The first kappa shape index (κ1) is 18.9. The fraction of sp³-hybridized carbons (Fsp3) is 0.136. The van der Waals surface area contributed by atoms with Crippen molar-refractivity contribution >= 4 is 28.2 Å². The Morgan fingerprint density at radius 2 is 1.81 bits per heavy atom. The van der Waals surface area contributed by atoms with Crippen LogP contribution in [0.1, 0.15) is 16.2 Å². The third-order valence-corrected chi connectivity index (χ3v) is 5.18. The van der Waals surface area contributed by atoms with Gasteiger partial charge in [0.15, 0.2) is 0 Å². The van der Waals surface area contributed by atoms with Gasteiger partial charge in [0.1, 0.15) is 17.3 Å². The molecule has 0 unspecified atom stereocenters. The first-order valence-corrected chi connectivity index (χ1v) is 9.74. The summed E-state index contributed by atoms with van der Waals surface area (Å²) in [4.78, 5) is 19.4. The van der Waals surface area contributed by atoms with E-state index >= 15 is 0 Å². The molecule has 154 valence electrons. The number of nitrogens with one attached hydrogen (secondary N) is 1. The highest BCUT2D eigenvalue weighted by Gasteiger charge is 2.20. The molecule has 1 aliphatic rings. The lowest BCUT2D eigenvalue weighted by Gasteiger charge is -2.14. The summed E-state index contributed by atoms with van der Waals surface area (Å²) in [7, 11) is 1.99. The third-order valence-electron chi connectivity index (χ3n) is 5.18. The molecule has 0 aliphatic carbocycles. The van der Waals surface area contributed by atoms with Crippen LogP contribution in [-0.4, -0.2) is 57.0 Å². The second-order valence-corrected chi connectivity index (χ2v) is 7.22. The monoisotopic (exact) mass is 415 g/mol. The van der Waals surface area contributed by atoms with Gasteiger partial charge in [-0.1, -0.05) is 24.3 Å². The molecule has 0 spiro atoms. The molecule has 1 aromatic heterocycles. The molecular formula is C22H18FN7O. The van der Waals surface area contributed by atoms with Crippen molar-refractivity contribution in [2.45, 2.75) is 0 Å². The minimum Gasteiger partial charge on any atom is -0.358 e. The number of hydrogen-bond donors (Lipinski definition) is 1. The van der Waals surface area contributed by atoms with Crippen molar-refractivity contribution in [1.82, 2.24) is 25.1 Å². The number of carbonyl (C=O) groups excluding carboxylic acids is 1. The molecule has 5 rings (SSSR count). The lowest BCUT2D eigenvalue weighted by atomic mass is 10.1. The minimum absolute atomic E-state index is 0.103. The molecule has 3 aromatic carbocycles. The molecule has 31 heavy (non-hydrogen) atoms.